The van der Waals surface area contributed by atoms with Crippen molar-refractivity contribution in [2.75, 3.05) is 13.2 Å². The Morgan fingerprint density at radius 3 is 2.33 bits per heavy atom. The van der Waals surface area contributed by atoms with Crippen LogP contribution in [0.5, 0.6) is 0 Å². The van der Waals surface area contributed by atoms with Gasteiger partial charge < -0.3 is 23.7 Å². The molecule has 3 saturated heterocycles. The molecule has 0 N–H and O–H groups in total. The molecule has 3 aliphatic rings. The van der Waals surface area contributed by atoms with Gasteiger partial charge in [0.1, 0.15) is 12.7 Å². The summed E-state index contributed by atoms with van der Waals surface area (Å²) in [6.07, 6.45) is -3.35. The lowest BCUT2D eigenvalue weighted by atomic mass is 10.1. The van der Waals surface area contributed by atoms with E-state index in [0.29, 0.717) is 0 Å². The first-order chi connectivity index (χ1) is 7.24. The molecule has 0 bridgehead atoms. The predicted octanol–water partition coefficient (Wildman–Crippen LogP) is -0.175. The smallest absolute Gasteiger partial charge is 0.430 e. The molecular weight excluding hydrogens is 208 g/mol. The van der Waals surface area contributed by atoms with E-state index in [-0.39, 0.29) is 13.2 Å². The van der Waals surface area contributed by atoms with Gasteiger partial charge in [-0.05, 0) is 0 Å². The number of ether oxygens (including phenoxy) is 5. The highest BCUT2D eigenvalue weighted by Crippen LogP contribution is 2.31. The van der Waals surface area contributed by atoms with Crippen LogP contribution in [0.4, 0.5) is 9.59 Å². The van der Waals surface area contributed by atoms with Crippen molar-refractivity contribution in [3.63, 3.8) is 0 Å². The van der Waals surface area contributed by atoms with Crippen LogP contribution in [0.15, 0.2) is 0 Å². The monoisotopic (exact) mass is 216 g/mol. The molecule has 4 atom stereocenters. The van der Waals surface area contributed by atoms with Crippen LogP contribution in [-0.2, 0) is 23.7 Å². The first kappa shape index (κ1) is 8.78. The second kappa shape index (κ2) is 2.99. The van der Waals surface area contributed by atoms with Crippen LogP contribution in [0, 0.1) is 0 Å². The van der Waals surface area contributed by atoms with Gasteiger partial charge in [0.05, 0.1) is 6.61 Å². The molecule has 7 nitrogen and oxygen atoms in total. The molecule has 0 aromatic carbocycles. The van der Waals surface area contributed by atoms with Crippen molar-refractivity contribution in [2.45, 2.75) is 24.4 Å². The molecule has 0 saturated carbocycles. The second-order valence-electron chi connectivity index (χ2n) is 3.50. The van der Waals surface area contributed by atoms with Crippen molar-refractivity contribution in [1.29, 1.82) is 0 Å². The largest absolute Gasteiger partial charge is 0.509 e. The number of cyclic esters (lactones) is 2. The third kappa shape index (κ3) is 1.30. The lowest BCUT2D eigenvalue weighted by Crippen LogP contribution is -2.39. The quantitative estimate of drug-likeness (QED) is 0.562. The molecule has 3 heterocycles. The average molecular weight is 216 g/mol. The van der Waals surface area contributed by atoms with Crippen LogP contribution in [0.25, 0.3) is 0 Å². The zero-order chi connectivity index (χ0) is 10.4. The number of rotatable bonds is 1. The summed E-state index contributed by atoms with van der Waals surface area (Å²) in [6.45, 7) is 0.374. The Hall–Kier alpha value is -1.50. The summed E-state index contributed by atoms with van der Waals surface area (Å²) in [6, 6.07) is 0. The van der Waals surface area contributed by atoms with E-state index in [9.17, 15) is 9.59 Å². The lowest BCUT2D eigenvalue weighted by Gasteiger charge is -2.17. The molecule has 7 heteroatoms. The van der Waals surface area contributed by atoms with Crippen LogP contribution in [0.2, 0.25) is 0 Å². The van der Waals surface area contributed by atoms with Crippen LogP contribution in [-0.4, -0.2) is 49.9 Å². The van der Waals surface area contributed by atoms with Crippen LogP contribution in [0.3, 0.4) is 0 Å². The Kier molecular flexibility index (Phi) is 1.75. The Labute approximate surface area is 84.2 Å². The molecule has 3 aliphatic heterocycles. The summed E-state index contributed by atoms with van der Waals surface area (Å²) in [5, 5.41) is 0. The minimum atomic E-state index is -0.725. The van der Waals surface area contributed by atoms with E-state index in [4.69, 9.17) is 18.9 Å². The maximum absolute atomic E-state index is 10.8. The first-order valence-corrected chi connectivity index (χ1v) is 4.56. The van der Waals surface area contributed by atoms with Gasteiger partial charge in [-0.1, -0.05) is 0 Å². The van der Waals surface area contributed by atoms with Crippen molar-refractivity contribution in [2.24, 2.45) is 0 Å². The van der Waals surface area contributed by atoms with E-state index in [1.165, 1.54) is 0 Å². The van der Waals surface area contributed by atoms with Crippen molar-refractivity contribution < 1.29 is 33.3 Å². The lowest BCUT2D eigenvalue weighted by molar-refractivity contribution is -0.0389. The fourth-order valence-electron chi connectivity index (χ4n) is 1.94. The standard InChI is InChI=1S/C8H8O7/c9-7-12-2-3(13-7)5-6-4(1-11-5)14-8(10)15-6/h3-6H,1-2H2. The van der Waals surface area contributed by atoms with E-state index < -0.39 is 36.7 Å². The maximum atomic E-state index is 10.8. The highest BCUT2D eigenvalue weighted by molar-refractivity contribution is 5.63. The first-order valence-electron chi connectivity index (χ1n) is 4.56. The zero-order valence-electron chi connectivity index (χ0n) is 7.58. The highest BCUT2D eigenvalue weighted by atomic mass is 16.8. The Morgan fingerprint density at radius 2 is 1.60 bits per heavy atom. The summed E-state index contributed by atoms with van der Waals surface area (Å²) in [5.41, 5.74) is 0. The van der Waals surface area contributed by atoms with Gasteiger partial charge in [0.2, 0.25) is 0 Å². The molecule has 3 rings (SSSR count). The van der Waals surface area contributed by atoms with Gasteiger partial charge in [-0.2, -0.15) is 0 Å². The van der Waals surface area contributed by atoms with Gasteiger partial charge in [0.15, 0.2) is 18.3 Å². The Balaban J connectivity index is 1.72. The van der Waals surface area contributed by atoms with E-state index in [1.807, 2.05) is 0 Å². The summed E-state index contributed by atoms with van der Waals surface area (Å²) in [7, 11) is 0. The molecule has 0 aromatic rings. The van der Waals surface area contributed by atoms with Gasteiger partial charge in [-0.25, -0.2) is 9.59 Å². The second-order valence-corrected chi connectivity index (χ2v) is 3.50. The van der Waals surface area contributed by atoms with E-state index in [0.717, 1.165) is 0 Å². The third-order valence-corrected chi connectivity index (χ3v) is 2.60. The number of fused-ring (bicyclic) bond motifs is 1. The number of hydrogen-bond acceptors (Lipinski definition) is 7. The number of hydrogen-bond donors (Lipinski definition) is 0. The maximum Gasteiger partial charge on any atom is 0.509 e. The SMILES string of the molecule is O=C1OCC(C2OCC3OC(=O)OC32)O1. The molecule has 82 valence electrons. The van der Waals surface area contributed by atoms with Gasteiger partial charge in [-0.3, -0.25) is 0 Å². The number of carbonyl (C=O) groups excluding carboxylic acids is 2. The van der Waals surface area contributed by atoms with Crippen LogP contribution in [0.1, 0.15) is 0 Å². The third-order valence-electron chi connectivity index (χ3n) is 2.60. The minimum Gasteiger partial charge on any atom is -0.430 e. The van der Waals surface area contributed by atoms with Gasteiger partial charge in [0.25, 0.3) is 0 Å². The summed E-state index contributed by atoms with van der Waals surface area (Å²) < 4.78 is 24.6. The molecule has 15 heavy (non-hydrogen) atoms. The molecule has 0 radical (unpaired) electrons. The van der Waals surface area contributed by atoms with Crippen LogP contribution >= 0.6 is 0 Å². The van der Waals surface area contributed by atoms with E-state index in [2.05, 4.69) is 4.74 Å². The summed E-state index contributed by atoms with van der Waals surface area (Å²) >= 11 is 0. The molecular formula is C8H8O7. The van der Waals surface area contributed by atoms with Gasteiger partial charge in [0, 0.05) is 0 Å². The van der Waals surface area contributed by atoms with Crippen molar-refractivity contribution in [3.05, 3.63) is 0 Å². The fraction of sp³-hybridized carbons (Fsp3) is 0.750. The van der Waals surface area contributed by atoms with Crippen molar-refractivity contribution >= 4 is 12.3 Å². The van der Waals surface area contributed by atoms with Crippen molar-refractivity contribution in [3.8, 4) is 0 Å². The van der Waals surface area contributed by atoms with Gasteiger partial charge in [-0.15, -0.1) is 0 Å². The summed E-state index contributed by atoms with van der Waals surface area (Å²) in [4.78, 5) is 21.6. The molecule has 0 aromatic heterocycles. The molecule has 3 fully saturated rings. The summed E-state index contributed by atoms with van der Waals surface area (Å²) in [5.74, 6) is 0. The van der Waals surface area contributed by atoms with E-state index >= 15 is 0 Å². The highest BCUT2D eigenvalue weighted by Gasteiger charge is 2.53. The van der Waals surface area contributed by atoms with E-state index in [1.54, 1.807) is 0 Å². The fourth-order valence-corrected chi connectivity index (χ4v) is 1.94. The Morgan fingerprint density at radius 1 is 0.867 bits per heavy atom. The molecule has 4 unspecified atom stereocenters. The topological polar surface area (TPSA) is 80.3 Å². The average Bonchev–Trinajstić information content (AvgIpc) is 2.80. The van der Waals surface area contributed by atoms with Crippen LogP contribution < -0.4 is 0 Å². The predicted molar refractivity (Wildman–Crippen MR) is 41.1 cm³/mol. The Bertz CT molecular complexity index is 314. The molecule has 0 amide bonds. The van der Waals surface area contributed by atoms with Crippen molar-refractivity contribution in [1.82, 2.24) is 0 Å². The van der Waals surface area contributed by atoms with Gasteiger partial charge >= 0.3 is 12.3 Å². The molecule has 0 spiro atoms. The normalized spacial score (nSPS) is 42.9. The zero-order valence-corrected chi connectivity index (χ0v) is 7.58. The number of carbonyl (C=O) groups is 2. The molecule has 0 aliphatic carbocycles. The minimum absolute atomic E-state index is 0.115.